The number of carbonyl (C=O) groups excluding carboxylic acids is 3. The minimum absolute atomic E-state index is 0.0261. The molecular weight excluding hydrogens is 853 g/mol. The third-order valence-corrected chi connectivity index (χ3v) is 14.5. The van der Waals surface area contributed by atoms with Gasteiger partial charge >= 0.3 is 5.97 Å². The lowest BCUT2D eigenvalue weighted by atomic mass is 9.84. The molecule has 7 heterocycles. The molecule has 2 N–H and O–H groups in total. The van der Waals surface area contributed by atoms with E-state index in [1.807, 2.05) is 74.8 Å². The summed E-state index contributed by atoms with van der Waals surface area (Å²) in [6, 6.07) is 14.0. The number of esters is 1. The molecule has 2 aromatic carbocycles. The molecule has 342 valence electrons. The number of amides is 2. The predicted molar refractivity (Wildman–Crippen MR) is 243 cm³/mol. The number of aromatic nitrogens is 3. The van der Waals surface area contributed by atoms with Crippen LogP contribution in [0.5, 0.6) is 0 Å². The molecule has 16 heteroatoms. The van der Waals surface area contributed by atoms with Gasteiger partial charge in [0, 0.05) is 72.8 Å². The third kappa shape index (κ3) is 8.65. The first-order chi connectivity index (χ1) is 31.3. The van der Waals surface area contributed by atoms with Gasteiger partial charge in [0.05, 0.1) is 72.0 Å². The number of morpholine rings is 1. The number of ether oxygens (including phenoxy) is 3. The summed E-state index contributed by atoms with van der Waals surface area (Å²) in [5.74, 6) is -4.35. The molecule has 6 bridgehead atoms. The number of hydrogen-bond donors (Lipinski definition) is 2. The molecule has 1 saturated carbocycles. The molecule has 5 atom stereocenters. The number of rotatable bonds is 7. The van der Waals surface area contributed by atoms with E-state index in [2.05, 4.69) is 21.7 Å². The predicted octanol–water partition coefficient (Wildman–Crippen LogP) is 7.01. The van der Waals surface area contributed by atoms with Gasteiger partial charge in [-0.1, -0.05) is 44.2 Å². The maximum absolute atomic E-state index is 16.3. The van der Waals surface area contributed by atoms with Crippen molar-refractivity contribution < 1.29 is 37.4 Å². The Bertz CT molecular complexity index is 2650. The van der Waals surface area contributed by atoms with Crippen LogP contribution in [-0.2, 0) is 54.4 Å². The number of hydrazine groups is 1. The maximum atomic E-state index is 16.3. The Morgan fingerprint density at radius 2 is 1.88 bits per heavy atom. The van der Waals surface area contributed by atoms with E-state index in [1.165, 1.54) is 16.3 Å². The average molecular weight is 908 g/mol. The van der Waals surface area contributed by atoms with Gasteiger partial charge in [0.1, 0.15) is 12.1 Å². The van der Waals surface area contributed by atoms with Crippen molar-refractivity contribution in [2.75, 3.05) is 51.5 Å². The van der Waals surface area contributed by atoms with E-state index >= 15 is 8.78 Å². The topological polar surface area (TPSA) is 140 Å². The van der Waals surface area contributed by atoms with Crippen LogP contribution in [0.1, 0.15) is 79.4 Å². The molecule has 5 aromatic rings. The largest absolute Gasteiger partial charge is 0.464 e. The number of pyridine rings is 1. The minimum Gasteiger partial charge on any atom is -0.464 e. The summed E-state index contributed by atoms with van der Waals surface area (Å²) < 4.78 is 52.1. The van der Waals surface area contributed by atoms with Gasteiger partial charge in [0.2, 0.25) is 5.91 Å². The first-order valence-corrected chi connectivity index (χ1v) is 23.6. The fraction of sp³-hybridized carbons (Fsp3) is 0.490. The van der Waals surface area contributed by atoms with Crippen molar-refractivity contribution in [1.82, 2.24) is 30.3 Å². The molecule has 1 aliphatic carbocycles. The quantitative estimate of drug-likeness (QED) is 0.164. The summed E-state index contributed by atoms with van der Waals surface area (Å²) in [7, 11) is 1.61. The highest BCUT2D eigenvalue weighted by atomic mass is 32.1. The number of nitrogens with zero attached hydrogens (tertiary/aromatic N) is 5. The summed E-state index contributed by atoms with van der Waals surface area (Å²) in [4.78, 5) is 54.4. The Hall–Kier alpha value is -5.29. The molecule has 3 fully saturated rings. The Morgan fingerprint density at radius 3 is 2.66 bits per heavy atom. The van der Waals surface area contributed by atoms with Gasteiger partial charge in [-0.2, -0.15) is 0 Å². The Morgan fingerprint density at radius 1 is 1.08 bits per heavy atom. The normalized spacial score (nSPS) is 24.6. The second kappa shape index (κ2) is 17.2. The molecule has 2 saturated heterocycles. The van der Waals surface area contributed by atoms with E-state index < -0.39 is 48.5 Å². The molecule has 5 aliphatic rings. The molecule has 0 unspecified atom stereocenters. The fourth-order valence-corrected chi connectivity index (χ4v) is 11.0. The van der Waals surface area contributed by atoms with Gasteiger partial charge in [-0.3, -0.25) is 24.4 Å². The number of carbonyl (C=O) groups is 3. The Labute approximate surface area is 380 Å². The van der Waals surface area contributed by atoms with E-state index in [1.54, 1.807) is 11.7 Å². The van der Waals surface area contributed by atoms with Crippen LogP contribution in [0.2, 0.25) is 0 Å². The zero-order chi connectivity index (χ0) is 45.2. The number of cyclic esters (lactones) is 1. The van der Waals surface area contributed by atoms with Crippen LogP contribution >= 0.6 is 11.3 Å². The smallest absolute Gasteiger partial charge is 0.324 e. The van der Waals surface area contributed by atoms with E-state index in [4.69, 9.17) is 24.2 Å². The number of nitrogens with one attached hydrogen (secondary N) is 2. The van der Waals surface area contributed by atoms with Crippen LogP contribution in [0.25, 0.3) is 33.4 Å². The third-order valence-electron chi connectivity index (χ3n) is 13.6. The SMILES string of the molecule is CO[C@@H](C)c1ncc(N2CCOCC2)cc1-c1c2c3cc(cc4c3n1CC(F)(F)C4)-c1csc(n1)C[C@H](NC(=O)[C@H]1C[C@@H]1c1ccccc1)C(=O)N1CCC[C@H](N1)C(=O)OCC(C)(C)C2. The molecule has 4 aliphatic heterocycles. The number of fused-ring (bicyclic) bond motifs is 6. The zero-order valence-electron chi connectivity index (χ0n) is 37.2. The van der Waals surface area contributed by atoms with Gasteiger partial charge in [-0.05, 0) is 73.4 Å². The van der Waals surface area contributed by atoms with Crippen molar-refractivity contribution >= 4 is 45.7 Å². The van der Waals surface area contributed by atoms with E-state index in [9.17, 15) is 14.4 Å². The maximum Gasteiger partial charge on any atom is 0.324 e. The van der Waals surface area contributed by atoms with Crippen molar-refractivity contribution in [3.05, 3.63) is 87.5 Å². The molecule has 10 rings (SSSR count). The fourth-order valence-electron chi connectivity index (χ4n) is 10.2. The van der Waals surface area contributed by atoms with Crippen LogP contribution in [0.3, 0.4) is 0 Å². The number of hydrogen-bond acceptors (Lipinski definition) is 11. The lowest BCUT2D eigenvalue weighted by molar-refractivity contribution is -0.155. The summed E-state index contributed by atoms with van der Waals surface area (Å²) in [6.07, 6.45) is 3.08. The number of anilines is 1. The number of benzene rings is 2. The monoisotopic (exact) mass is 907 g/mol. The summed E-state index contributed by atoms with van der Waals surface area (Å²) in [5.41, 5.74) is 9.71. The zero-order valence-corrected chi connectivity index (χ0v) is 38.0. The molecule has 2 amide bonds. The first kappa shape index (κ1) is 43.6. The van der Waals surface area contributed by atoms with Crippen LogP contribution in [0.15, 0.2) is 60.1 Å². The highest BCUT2D eigenvalue weighted by molar-refractivity contribution is 7.10. The summed E-state index contributed by atoms with van der Waals surface area (Å²) in [5, 5.41) is 7.82. The highest BCUT2D eigenvalue weighted by Crippen LogP contribution is 2.49. The summed E-state index contributed by atoms with van der Waals surface area (Å²) >= 11 is 1.36. The molecule has 0 spiro atoms. The number of thiazole rings is 1. The van der Waals surface area contributed by atoms with Crippen molar-refractivity contribution in [3.63, 3.8) is 0 Å². The lowest BCUT2D eigenvalue weighted by Gasteiger charge is -2.35. The van der Waals surface area contributed by atoms with Gasteiger partial charge < -0.3 is 29.0 Å². The van der Waals surface area contributed by atoms with Gasteiger partial charge in [-0.15, -0.1) is 11.3 Å². The van der Waals surface area contributed by atoms with Crippen LogP contribution < -0.4 is 15.6 Å². The van der Waals surface area contributed by atoms with E-state index in [0.29, 0.717) is 97.3 Å². The van der Waals surface area contributed by atoms with Gasteiger partial charge in [0.15, 0.2) is 0 Å². The van der Waals surface area contributed by atoms with E-state index in [0.717, 1.165) is 27.7 Å². The second-order valence-electron chi connectivity index (χ2n) is 19.1. The number of alkyl halides is 2. The average Bonchev–Trinajstić information content (AvgIpc) is 3.89. The van der Waals surface area contributed by atoms with Crippen LogP contribution in [0.4, 0.5) is 14.5 Å². The van der Waals surface area contributed by atoms with Crippen LogP contribution in [0, 0.1) is 11.3 Å². The van der Waals surface area contributed by atoms with Gasteiger partial charge in [0.25, 0.3) is 11.8 Å². The first-order valence-electron chi connectivity index (χ1n) is 22.7. The summed E-state index contributed by atoms with van der Waals surface area (Å²) in [6.45, 7) is 8.25. The molecule has 0 radical (unpaired) electrons. The van der Waals surface area contributed by atoms with Crippen molar-refractivity contribution in [1.29, 1.82) is 0 Å². The second-order valence-corrected chi connectivity index (χ2v) is 20.0. The number of methoxy groups -OCH3 is 1. The molecule has 13 nitrogen and oxygen atoms in total. The van der Waals surface area contributed by atoms with Crippen LogP contribution in [-0.4, -0.2) is 102 Å². The van der Waals surface area contributed by atoms with Gasteiger partial charge in [-0.25, -0.2) is 19.2 Å². The molecular formula is C49H55F2N7O6S. The minimum atomic E-state index is -3.08. The Balaban J connectivity index is 1.10. The molecule has 3 aromatic heterocycles. The lowest BCUT2D eigenvalue weighted by Crippen LogP contribution is -2.60. The van der Waals surface area contributed by atoms with Crippen molar-refractivity contribution in [2.24, 2.45) is 11.3 Å². The highest BCUT2D eigenvalue weighted by Gasteiger charge is 2.46. The van der Waals surface area contributed by atoms with Crippen molar-refractivity contribution in [2.45, 2.75) is 95.9 Å². The molecule has 65 heavy (non-hydrogen) atoms. The standard InChI is InChI=1S/C49H55F2N7O6S/c1-28(62-4)42-36(19-32(24-52-42)56-13-15-63-16-14-56)44-37-23-48(2,3)27-64-47(61)38-11-8-12-58(55-38)46(60)39(54-45(59)35-20-33(35)29-9-6-5-7-10-29)21-41-53-40(25-65-41)30-17-31-22-49(50,51)26-57(44)43(31)34(37)18-30/h5-7,9-10,17-19,24-25,28,33,35,38-39,55H,8,11-16,20-23,26-27H2,1-4H3,(H,54,59)/t28-,33+,35-,38-,39-/m0/s1. The van der Waals surface area contributed by atoms with E-state index in [-0.39, 0.29) is 36.7 Å². The van der Waals surface area contributed by atoms with Crippen molar-refractivity contribution in [3.8, 4) is 22.5 Å². The number of halogens is 2. The Kier molecular flexibility index (Phi) is 11.5.